The van der Waals surface area contributed by atoms with Crippen LogP contribution in [0.1, 0.15) is 22.7 Å². The van der Waals surface area contributed by atoms with Gasteiger partial charge >= 0.3 is 0 Å². The Kier molecular flexibility index (Phi) is 6.05. The minimum atomic E-state index is -0.375. The third kappa shape index (κ3) is 4.53. The van der Waals surface area contributed by atoms with Crippen molar-refractivity contribution in [3.05, 3.63) is 112 Å². The Morgan fingerprint density at radius 2 is 1.74 bits per heavy atom. The zero-order valence-corrected chi connectivity index (χ0v) is 18.7. The molecule has 3 aromatic carbocycles. The van der Waals surface area contributed by atoms with Gasteiger partial charge in [-0.2, -0.15) is 4.68 Å². The summed E-state index contributed by atoms with van der Waals surface area (Å²) in [4.78, 5) is 14.7. The van der Waals surface area contributed by atoms with Crippen LogP contribution in [0.5, 0.6) is 0 Å². The molecule has 0 fully saturated rings. The highest BCUT2D eigenvalue weighted by Crippen LogP contribution is 2.36. The molecule has 4 aromatic rings. The van der Waals surface area contributed by atoms with E-state index >= 15 is 0 Å². The van der Waals surface area contributed by atoms with Crippen LogP contribution in [-0.2, 0) is 11.3 Å². The van der Waals surface area contributed by atoms with E-state index in [0.29, 0.717) is 17.5 Å². The molecular weight excluding hydrogens is 455 g/mol. The third-order valence-electron chi connectivity index (χ3n) is 5.57. The van der Waals surface area contributed by atoms with E-state index in [-0.39, 0.29) is 24.3 Å². The minimum absolute atomic E-state index is 0.0117. The van der Waals surface area contributed by atoms with E-state index in [9.17, 15) is 9.18 Å². The molecule has 2 heterocycles. The fraction of sp³-hybridized carbons (Fsp3) is 0.120. The molecule has 5 rings (SSSR count). The number of benzene rings is 3. The molecule has 1 aliphatic rings. The predicted molar refractivity (Wildman–Crippen MR) is 127 cm³/mol. The van der Waals surface area contributed by atoms with Gasteiger partial charge in [-0.05, 0) is 57.5 Å². The van der Waals surface area contributed by atoms with Crippen molar-refractivity contribution >= 4 is 29.2 Å². The van der Waals surface area contributed by atoms with Gasteiger partial charge in [-0.15, -0.1) is 0 Å². The smallest absolute Gasteiger partial charge is 0.251 e. The summed E-state index contributed by atoms with van der Waals surface area (Å²) in [7, 11) is 0. The van der Waals surface area contributed by atoms with Crippen LogP contribution in [0.3, 0.4) is 0 Å². The largest absolute Gasteiger partial charge is 0.350 e. The third-order valence-corrected chi connectivity index (χ3v) is 5.82. The number of hydrogen-bond donors (Lipinski definition) is 1. The number of halogens is 2. The summed E-state index contributed by atoms with van der Waals surface area (Å²) in [6, 6.07) is 22.8. The highest BCUT2D eigenvalue weighted by molar-refractivity contribution is 6.30. The maximum atomic E-state index is 13.5. The molecule has 170 valence electrons. The predicted octanol–water partition coefficient (Wildman–Crippen LogP) is 4.23. The van der Waals surface area contributed by atoms with Gasteiger partial charge in [0.1, 0.15) is 18.4 Å². The Balaban J connectivity index is 1.49. The lowest BCUT2D eigenvalue weighted by molar-refractivity contribution is -0.119. The molecular formula is C25H20ClFN6O. The van der Waals surface area contributed by atoms with Gasteiger partial charge in [0.05, 0.1) is 5.70 Å². The molecule has 0 saturated heterocycles. The first kappa shape index (κ1) is 21.8. The first-order valence-corrected chi connectivity index (χ1v) is 11.1. The first-order valence-electron chi connectivity index (χ1n) is 10.7. The van der Waals surface area contributed by atoms with Gasteiger partial charge in [0.15, 0.2) is 0 Å². The van der Waals surface area contributed by atoms with Crippen molar-refractivity contribution < 1.29 is 9.18 Å². The van der Waals surface area contributed by atoms with E-state index in [1.54, 1.807) is 33.8 Å². The van der Waals surface area contributed by atoms with Gasteiger partial charge in [0.2, 0.25) is 5.91 Å². The average molecular weight is 475 g/mol. The molecule has 1 atom stereocenters. The van der Waals surface area contributed by atoms with Crippen molar-refractivity contribution in [3.63, 3.8) is 0 Å². The van der Waals surface area contributed by atoms with Crippen LogP contribution in [0.2, 0.25) is 5.02 Å². The van der Waals surface area contributed by atoms with E-state index in [2.05, 4.69) is 20.8 Å². The number of nitrogens with one attached hydrogen (secondary N) is 1. The fourth-order valence-corrected chi connectivity index (χ4v) is 4.01. The number of carbonyl (C=O) groups excluding carboxylic acids is 1. The van der Waals surface area contributed by atoms with E-state index in [0.717, 1.165) is 22.4 Å². The second-order valence-corrected chi connectivity index (χ2v) is 8.26. The lowest BCUT2D eigenvalue weighted by Gasteiger charge is -2.32. The second-order valence-electron chi connectivity index (χ2n) is 7.83. The van der Waals surface area contributed by atoms with Crippen molar-refractivity contribution in [2.45, 2.75) is 12.6 Å². The zero-order chi connectivity index (χ0) is 23.5. The molecule has 0 bridgehead atoms. The van der Waals surface area contributed by atoms with Crippen molar-refractivity contribution in [2.24, 2.45) is 0 Å². The zero-order valence-electron chi connectivity index (χ0n) is 18.0. The molecule has 34 heavy (non-hydrogen) atoms. The molecule has 1 N–H and O–H groups in total. The number of anilines is 1. The molecule has 1 aromatic heterocycles. The number of carbonyl (C=O) groups is 1. The molecule has 1 amide bonds. The number of allylic oxidation sites excluding steroid dienone is 1. The van der Waals surface area contributed by atoms with Crippen LogP contribution in [0, 0.1) is 5.82 Å². The Morgan fingerprint density at radius 1 is 1.00 bits per heavy atom. The molecule has 0 spiro atoms. The lowest BCUT2D eigenvalue weighted by Crippen LogP contribution is -2.39. The van der Waals surface area contributed by atoms with Crippen LogP contribution in [0.4, 0.5) is 10.3 Å². The normalized spacial score (nSPS) is 14.9. The molecule has 9 heteroatoms. The summed E-state index contributed by atoms with van der Waals surface area (Å²) in [5.74, 6) is -0.0924. The van der Waals surface area contributed by atoms with Crippen molar-refractivity contribution in [3.8, 4) is 0 Å². The summed E-state index contributed by atoms with van der Waals surface area (Å²) in [5.41, 5.74) is 3.42. The second kappa shape index (κ2) is 9.44. The molecule has 0 saturated carbocycles. The van der Waals surface area contributed by atoms with E-state index in [1.807, 2.05) is 48.5 Å². The highest BCUT2D eigenvalue weighted by Gasteiger charge is 2.31. The van der Waals surface area contributed by atoms with Crippen LogP contribution in [-0.4, -0.2) is 32.7 Å². The number of amides is 1. The Labute approximate surface area is 200 Å². The molecule has 7 nitrogen and oxygen atoms in total. The SMILES string of the molecule is O=C(CN1C(c2ccc(Cl)cc2)=C[C@@H](c2ccc(F)cc2)n2nnnc21)NCc1ccccc1. The maximum Gasteiger partial charge on any atom is 0.251 e. The molecule has 0 aliphatic carbocycles. The number of fused-ring (bicyclic) bond motifs is 1. The van der Waals surface area contributed by atoms with Crippen LogP contribution in [0.25, 0.3) is 5.70 Å². The van der Waals surface area contributed by atoms with E-state index in [4.69, 9.17) is 11.6 Å². The summed E-state index contributed by atoms with van der Waals surface area (Å²) in [6.07, 6.45) is 1.96. The number of hydrogen-bond acceptors (Lipinski definition) is 5. The minimum Gasteiger partial charge on any atom is -0.350 e. The van der Waals surface area contributed by atoms with Gasteiger partial charge < -0.3 is 5.32 Å². The van der Waals surface area contributed by atoms with Crippen molar-refractivity contribution in [2.75, 3.05) is 11.4 Å². The highest BCUT2D eigenvalue weighted by atomic mass is 35.5. The lowest BCUT2D eigenvalue weighted by atomic mass is 10.0. The Morgan fingerprint density at radius 3 is 2.47 bits per heavy atom. The summed E-state index contributed by atoms with van der Waals surface area (Å²) < 4.78 is 15.2. The number of rotatable bonds is 6. The van der Waals surface area contributed by atoms with Crippen LogP contribution >= 0.6 is 11.6 Å². The van der Waals surface area contributed by atoms with E-state index in [1.165, 1.54) is 12.1 Å². The summed E-state index contributed by atoms with van der Waals surface area (Å²) >= 11 is 6.10. The monoisotopic (exact) mass is 474 g/mol. The van der Waals surface area contributed by atoms with Gasteiger partial charge in [0.25, 0.3) is 5.95 Å². The Hall–Kier alpha value is -4.04. The summed E-state index contributed by atoms with van der Waals surface area (Å²) in [5, 5.41) is 15.8. The summed E-state index contributed by atoms with van der Waals surface area (Å²) in [6.45, 7) is 0.425. The number of aromatic nitrogens is 4. The average Bonchev–Trinajstić information content (AvgIpc) is 3.35. The standard InChI is InChI=1S/C25H20ClFN6O/c26-20-10-6-18(7-11-20)22-14-23(19-8-12-21(27)13-9-19)33-25(29-30-31-33)32(22)16-24(34)28-15-17-4-2-1-3-5-17/h1-14,23H,15-16H2,(H,28,34)/t23-/m0/s1. The topological polar surface area (TPSA) is 75.9 Å². The van der Waals surface area contributed by atoms with Crippen molar-refractivity contribution in [1.82, 2.24) is 25.5 Å². The van der Waals surface area contributed by atoms with Crippen LogP contribution < -0.4 is 10.2 Å². The van der Waals surface area contributed by atoms with Gasteiger partial charge in [0, 0.05) is 11.6 Å². The van der Waals surface area contributed by atoms with E-state index < -0.39 is 0 Å². The molecule has 0 unspecified atom stereocenters. The van der Waals surface area contributed by atoms with Gasteiger partial charge in [-0.25, -0.2) is 4.39 Å². The van der Waals surface area contributed by atoms with Gasteiger partial charge in [-0.1, -0.05) is 71.3 Å². The maximum absolute atomic E-state index is 13.5. The first-order chi connectivity index (χ1) is 16.6. The molecule has 0 radical (unpaired) electrons. The van der Waals surface area contributed by atoms with Crippen LogP contribution in [0.15, 0.2) is 84.9 Å². The quantitative estimate of drug-likeness (QED) is 0.452. The molecule has 1 aliphatic heterocycles. The fourth-order valence-electron chi connectivity index (χ4n) is 3.89. The van der Waals surface area contributed by atoms with Crippen molar-refractivity contribution in [1.29, 1.82) is 0 Å². The number of nitrogens with zero attached hydrogens (tertiary/aromatic N) is 5. The number of tetrazole rings is 1. The Bertz CT molecular complexity index is 1320. The van der Waals surface area contributed by atoms with Gasteiger partial charge in [-0.3, -0.25) is 9.69 Å².